The molecule has 1 aliphatic heterocycles. The summed E-state index contributed by atoms with van der Waals surface area (Å²) >= 11 is 0. The Morgan fingerprint density at radius 2 is 2.29 bits per heavy atom. The molecule has 0 aromatic carbocycles. The van der Waals surface area contributed by atoms with Crippen LogP contribution in [0.1, 0.15) is 26.2 Å². The first-order valence-electron chi connectivity index (χ1n) is 7.29. The Morgan fingerprint density at radius 3 is 3.05 bits per heavy atom. The average molecular weight is 278 g/mol. The lowest BCUT2D eigenvalue weighted by molar-refractivity contribution is 0.305. The molecule has 0 unspecified atom stereocenters. The standard InChI is InChI=1S/C17H19BN2O/c1-13-5-4-11-20(14(13)2)16-15(6-3-10-19-16)21-12-9-17(18)7-8-17/h3-6,10-11H,2,7-9,12H2,1H3. The minimum atomic E-state index is 0.0102. The lowest BCUT2D eigenvalue weighted by atomic mass is 9.81. The van der Waals surface area contributed by atoms with Gasteiger partial charge in [0, 0.05) is 18.1 Å². The number of aromatic nitrogens is 1. The quantitative estimate of drug-likeness (QED) is 0.767. The van der Waals surface area contributed by atoms with E-state index in [9.17, 15) is 0 Å². The van der Waals surface area contributed by atoms with Gasteiger partial charge in [0.05, 0.1) is 14.5 Å². The molecule has 1 saturated carbocycles. The Balaban J connectivity index is 1.74. The maximum absolute atomic E-state index is 6.09. The highest BCUT2D eigenvalue weighted by Crippen LogP contribution is 2.53. The minimum absolute atomic E-state index is 0.0102. The van der Waals surface area contributed by atoms with Crippen molar-refractivity contribution in [2.24, 2.45) is 0 Å². The van der Waals surface area contributed by atoms with E-state index in [0.717, 1.165) is 42.1 Å². The third-order valence-corrected chi connectivity index (χ3v) is 4.06. The van der Waals surface area contributed by atoms with E-state index in [-0.39, 0.29) is 5.31 Å². The molecule has 3 rings (SSSR count). The van der Waals surface area contributed by atoms with Gasteiger partial charge in [0.15, 0.2) is 11.6 Å². The molecule has 1 aromatic heterocycles. The Bertz CT molecular complexity index is 617. The van der Waals surface area contributed by atoms with E-state index in [1.54, 1.807) is 6.20 Å². The molecule has 21 heavy (non-hydrogen) atoms. The second kappa shape index (κ2) is 5.43. The van der Waals surface area contributed by atoms with Gasteiger partial charge in [-0.25, -0.2) is 4.98 Å². The summed E-state index contributed by atoms with van der Waals surface area (Å²) in [4.78, 5) is 6.41. The molecule has 0 amide bonds. The molecule has 2 heterocycles. The molecule has 0 atom stereocenters. The molecule has 0 N–H and O–H groups in total. The van der Waals surface area contributed by atoms with Crippen molar-refractivity contribution in [2.75, 3.05) is 11.5 Å². The van der Waals surface area contributed by atoms with Crippen LogP contribution in [-0.2, 0) is 0 Å². The summed E-state index contributed by atoms with van der Waals surface area (Å²) in [5.41, 5.74) is 2.03. The van der Waals surface area contributed by atoms with Gasteiger partial charge in [-0.05, 0) is 37.1 Å². The monoisotopic (exact) mass is 278 g/mol. The summed E-state index contributed by atoms with van der Waals surface area (Å²) in [5.74, 6) is 1.54. The summed E-state index contributed by atoms with van der Waals surface area (Å²) in [6.07, 6.45) is 10.8. The van der Waals surface area contributed by atoms with Crippen molar-refractivity contribution in [1.29, 1.82) is 0 Å². The normalized spacial score (nSPS) is 19.4. The molecule has 0 spiro atoms. The van der Waals surface area contributed by atoms with Crippen LogP contribution >= 0.6 is 0 Å². The second-order valence-electron chi connectivity index (χ2n) is 5.79. The van der Waals surface area contributed by atoms with Gasteiger partial charge in [-0.15, -0.1) is 0 Å². The van der Waals surface area contributed by atoms with E-state index in [1.165, 1.54) is 0 Å². The highest BCUT2D eigenvalue weighted by atomic mass is 16.5. The Morgan fingerprint density at radius 1 is 1.48 bits per heavy atom. The zero-order valence-corrected chi connectivity index (χ0v) is 12.4. The predicted molar refractivity (Wildman–Crippen MR) is 86.5 cm³/mol. The maximum Gasteiger partial charge on any atom is 0.180 e. The van der Waals surface area contributed by atoms with Gasteiger partial charge < -0.3 is 4.74 Å². The zero-order chi connectivity index (χ0) is 14.9. The largest absolute Gasteiger partial charge is 0.490 e. The number of ether oxygens (including phenoxy) is 1. The van der Waals surface area contributed by atoms with Gasteiger partial charge in [-0.2, -0.15) is 0 Å². The third-order valence-electron chi connectivity index (χ3n) is 4.06. The number of hydrogen-bond acceptors (Lipinski definition) is 3. The summed E-state index contributed by atoms with van der Waals surface area (Å²) in [5, 5.41) is 0.0102. The lowest BCUT2D eigenvalue weighted by Crippen LogP contribution is -2.19. The van der Waals surface area contributed by atoms with Crippen molar-refractivity contribution in [3.8, 4) is 5.75 Å². The average Bonchev–Trinajstić information content (AvgIpc) is 3.21. The molecule has 2 aliphatic rings. The minimum Gasteiger partial charge on any atom is -0.490 e. The van der Waals surface area contributed by atoms with Crippen molar-refractivity contribution in [3.63, 3.8) is 0 Å². The summed E-state index contributed by atoms with van der Waals surface area (Å²) in [7, 11) is 6.09. The molecule has 4 heteroatoms. The predicted octanol–water partition coefficient (Wildman–Crippen LogP) is 3.77. The Hall–Kier alpha value is -1.97. The molecule has 3 nitrogen and oxygen atoms in total. The van der Waals surface area contributed by atoms with Crippen LogP contribution in [0.3, 0.4) is 0 Å². The van der Waals surface area contributed by atoms with Crippen LogP contribution in [0.15, 0.2) is 54.5 Å². The van der Waals surface area contributed by atoms with Crippen molar-refractivity contribution < 1.29 is 4.74 Å². The van der Waals surface area contributed by atoms with Gasteiger partial charge in [-0.3, -0.25) is 4.90 Å². The smallest absolute Gasteiger partial charge is 0.180 e. The van der Waals surface area contributed by atoms with E-state index < -0.39 is 0 Å². The lowest BCUT2D eigenvalue weighted by Gasteiger charge is -2.26. The number of anilines is 1. The van der Waals surface area contributed by atoms with E-state index in [1.807, 2.05) is 42.3 Å². The van der Waals surface area contributed by atoms with Crippen LogP contribution < -0.4 is 9.64 Å². The van der Waals surface area contributed by atoms with Gasteiger partial charge in [0.1, 0.15) is 0 Å². The van der Waals surface area contributed by atoms with Crippen molar-refractivity contribution in [2.45, 2.75) is 31.5 Å². The Kier molecular flexibility index (Phi) is 3.62. The summed E-state index contributed by atoms with van der Waals surface area (Å²) in [6.45, 7) is 6.77. The topological polar surface area (TPSA) is 25.4 Å². The molecular weight excluding hydrogens is 259 g/mol. The second-order valence-corrected chi connectivity index (χ2v) is 5.79. The molecule has 0 saturated heterocycles. The fourth-order valence-corrected chi connectivity index (χ4v) is 2.30. The van der Waals surface area contributed by atoms with Crippen molar-refractivity contribution in [3.05, 3.63) is 54.5 Å². The SMILES string of the molecule is [B]C1(CCOc2cccnc2N2C=CC=C(C)C2=C)CC1. The first kappa shape index (κ1) is 14.0. The fourth-order valence-electron chi connectivity index (χ4n) is 2.30. The fraction of sp³-hybridized carbons (Fsp3) is 0.353. The van der Waals surface area contributed by atoms with Crippen molar-refractivity contribution in [1.82, 2.24) is 4.98 Å². The molecule has 106 valence electrons. The third kappa shape index (κ3) is 3.04. The maximum atomic E-state index is 6.09. The molecule has 1 aromatic rings. The zero-order valence-electron chi connectivity index (χ0n) is 12.4. The molecule has 1 fully saturated rings. The summed E-state index contributed by atoms with van der Waals surface area (Å²) in [6, 6.07) is 3.82. The van der Waals surface area contributed by atoms with Crippen LogP contribution in [0.5, 0.6) is 5.75 Å². The van der Waals surface area contributed by atoms with Gasteiger partial charge >= 0.3 is 0 Å². The summed E-state index contributed by atoms with van der Waals surface area (Å²) < 4.78 is 5.91. The molecule has 0 bridgehead atoms. The number of nitrogens with zero attached hydrogens (tertiary/aromatic N) is 2. The molecular formula is C17H19BN2O. The molecule has 1 aliphatic carbocycles. The number of rotatable bonds is 5. The molecule has 2 radical (unpaired) electrons. The number of pyridine rings is 1. The van der Waals surface area contributed by atoms with Crippen LogP contribution in [0, 0.1) is 0 Å². The van der Waals surface area contributed by atoms with Crippen LogP contribution in [0.4, 0.5) is 5.82 Å². The highest BCUT2D eigenvalue weighted by Gasteiger charge is 2.36. The number of hydrogen-bond donors (Lipinski definition) is 0. The van der Waals surface area contributed by atoms with Crippen molar-refractivity contribution >= 4 is 13.7 Å². The van der Waals surface area contributed by atoms with E-state index in [4.69, 9.17) is 12.6 Å². The van der Waals surface area contributed by atoms with Crippen LogP contribution in [0.25, 0.3) is 0 Å². The van der Waals surface area contributed by atoms with E-state index in [2.05, 4.69) is 11.6 Å². The van der Waals surface area contributed by atoms with E-state index in [0.29, 0.717) is 6.61 Å². The van der Waals surface area contributed by atoms with Crippen LogP contribution in [-0.4, -0.2) is 19.4 Å². The van der Waals surface area contributed by atoms with Gasteiger partial charge in [0.25, 0.3) is 0 Å². The van der Waals surface area contributed by atoms with Gasteiger partial charge in [0.2, 0.25) is 0 Å². The highest BCUT2D eigenvalue weighted by molar-refractivity contribution is 6.17. The first-order chi connectivity index (χ1) is 10.1. The van der Waals surface area contributed by atoms with Crippen LogP contribution in [0.2, 0.25) is 5.31 Å². The van der Waals surface area contributed by atoms with Gasteiger partial charge in [-0.1, -0.05) is 30.8 Å². The first-order valence-corrected chi connectivity index (χ1v) is 7.29. The number of allylic oxidation sites excluding steroid dienone is 3. The van der Waals surface area contributed by atoms with E-state index >= 15 is 0 Å². The Labute approximate surface area is 127 Å².